The van der Waals surface area contributed by atoms with Crippen LogP contribution < -0.4 is 15.4 Å². The molecule has 2 aromatic heterocycles. The van der Waals surface area contributed by atoms with Crippen molar-refractivity contribution in [2.24, 2.45) is 4.99 Å². The molecule has 2 heterocycles. The van der Waals surface area contributed by atoms with Gasteiger partial charge in [0.15, 0.2) is 5.96 Å². The number of aliphatic imine (C=N–C) groups is 1. The molecule has 0 spiro atoms. The minimum atomic E-state index is 0.650. The monoisotopic (exact) mass is 333 g/mol. The van der Waals surface area contributed by atoms with Crippen molar-refractivity contribution in [2.45, 2.75) is 33.4 Å². The Bertz CT molecular complexity index is 624. The van der Waals surface area contributed by atoms with Crippen LogP contribution >= 0.6 is 11.3 Å². The maximum atomic E-state index is 5.47. The summed E-state index contributed by atoms with van der Waals surface area (Å²) in [7, 11) is 1.75. The van der Waals surface area contributed by atoms with Gasteiger partial charge in [0.25, 0.3) is 0 Å². The van der Waals surface area contributed by atoms with E-state index < -0.39 is 0 Å². The van der Waals surface area contributed by atoms with Crippen LogP contribution in [0.5, 0.6) is 5.88 Å². The van der Waals surface area contributed by atoms with Crippen LogP contribution in [-0.2, 0) is 13.1 Å². The first-order chi connectivity index (χ1) is 11.2. The third kappa shape index (κ3) is 5.86. The van der Waals surface area contributed by atoms with E-state index in [1.807, 2.05) is 24.5 Å². The van der Waals surface area contributed by atoms with Crippen molar-refractivity contribution >= 4 is 17.3 Å². The Hall–Kier alpha value is -2.15. The molecule has 7 heteroatoms. The van der Waals surface area contributed by atoms with Crippen molar-refractivity contribution in [3.8, 4) is 5.88 Å². The molecule has 0 aliphatic carbocycles. The van der Waals surface area contributed by atoms with E-state index in [1.54, 1.807) is 18.4 Å². The lowest BCUT2D eigenvalue weighted by Gasteiger charge is -2.11. The van der Waals surface area contributed by atoms with Gasteiger partial charge in [-0.05, 0) is 18.9 Å². The quantitative estimate of drug-likeness (QED) is 0.602. The fourth-order valence-electron chi connectivity index (χ4n) is 1.86. The second kappa shape index (κ2) is 9.09. The molecule has 124 valence electrons. The van der Waals surface area contributed by atoms with Crippen LogP contribution in [-0.4, -0.2) is 29.6 Å². The average Bonchev–Trinajstić information content (AvgIpc) is 2.99. The number of pyridine rings is 1. The number of thiazole rings is 1. The summed E-state index contributed by atoms with van der Waals surface area (Å²) in [6.07, 6.45) is 4.67. The van der Waals surface area contributed by atoms with E-state index in [-0.39, 0.29) is 0 Å². The zero-order chi connectivity index (χ0) is 16.5. The number of aromatic nitrogens is 2. The van der Waals surface area contributed by atoms with E-state index in [1.165, 1.54) is 4.88 Å². The van der Waals surface area contributed by atoms with E-state index in [9.17, 15) is 0 Å². The van der Waals surface area contributed by atoms with E-state index in [4.69, 9.17) is 4.74 Å². The zero-order valence-corrected chi connectivity index (χ0v) is 14.6. The van der Waals surface area contributed by atoms with Gasteiger partial charge in [-0.2, -0.15) is 0 Å². The molecule has 0 amide bonds. The van der Waals surface area contributed by atoms with Gasteiger partial charge in [-0.1, -0.05) is 13.0 Å². The maximum Gasteiger partial charge on any atom is 0.213 e. The maximum absolute atomic E-state index is 5.47. The van der Waals surface area contributed by atoms with Crippen LogP contribution in [0.15, 0.2) is 29.5 Å². The van der Waals surface area contributed by atoms with Crippen molar-refractivity contribution in [1.82, 2.24) is 20.6 Å². The molecule has 0 aliphatic rings. The van der Waals surface area contributed by atoms with Gasteiger partial charge in [-0.3, -0.25) is 4.99 Å². The summed E-state index contributed by atoms with van der Waals surface area (Å²) in [6, 6.07) is 3.89. The van der Waals surface area contributed by atoms with Crippen molar-refractivity contribution in [3.63, 3.8) is 0 Å². The molecule has 0 fully saturated rings. The van der Waals surface area contributed by atoms with E-state index in [0.29, 0.717) is 25.6 Å². The molecular weight excluding hydrogens is 310 g/mol. The standard InChI is InChI=1S/C16H23N5OS/c1-4-7-22-14-6-5-13(9-18-14)10-20-16(17-3)21-11-15-19-8-12(2)23-15/h5-6,8-9H,4,7,10-11H2,1-3H3,(H2,17,20,21). The Balaban J connectivity index is 1.78. The molecule has 2 aromatic rings. The highest BCUT2D eigenvalue weighted by atomic mass is 32.1. The molecule has 23 heavy (non-hydrogen) atoms. The number of nitrogens with one attached hydrogen (secondary N) is 2. The first-order valence-corrected chi connectivity index (χ1v) is 8.46. The SMILES string of the molecule is CCCOc1ccc(CNC(=NC)NCc2ncc(C)s2)cn1. The molecule has 0 saturated carbocycles. The number of guanidine groups is 1. The minimum absolute atomic E-state index is 0.650. The molecule has 0 aromatic carbocycles. The molecule has 2 N–H and O–H groups in total. The molecule has 0 aliphatic heterocycles. The Kier molecular flexibility index (Phi) is 6.80. The summed E-state index contributed by atoms with van der Waals surface area (Å²) in [5.74, 6) is 1.40. The van der Waals surface area contributed by atoms with Gasteiger partial charge in [0.1, 0.15) is 5.01 Å². The smallest absolute Gasteiger partial charge is 0.213 e. The summed E-state index contributed by atoms with van der Waals surface area (Å²) < 4.78 is 5.47. The first-order valence-electron chi connectivity index (χ1n) is 7.64. The van der Waals surface area contributed by atoms with Gasteiger partial charge in [-0.15, -0.1) is 11.3 Å². The Labute approximate surface area is 141 Å². The minimum Gasteiger partial charge on any atom is -0.478 e. The number of hydrogen-bond donors (Lipinski definition) is 2. The van der Waals surface area contributed by atoms with Gasteiger partial charge < -0.3 is 15.4 Å². The van der Waals surface area contributed by atoms with E-state index >= 15 is 0 Å². The Morgan fingerprint density at radius 2 is 2.04 bits per heavy atom. The third-order valence-corrected chi connectivity index (χ3v) is 3.92. The molecular formula is C16H23N5OS. The summed E-state index contributed by atoms with van der Waals surface area (Å²) in [6.45, 7) is 6.13. The van der Waals surface area contributed by atoms with Crippen LogP contribution in [0.1, 0.15) is 28.8 Å². The largest absolute Gasteiger partial charge is 0.478 e. The molecule has 6 nitrogen and oxygen atoms in total. The fraction of sp³-hybridized carbons (Fsp3) is 0.438. The Morgan fingerprint density at radius 3 is 2.65 bits per heavy atom. The predicted octanol–water partition coefficient (Wildman–Crippen LogP) is 2.50. The van der Waals surface area contributed by atoms with Crippen LogP contribution in [0.4, 0.5) is 0 Å². The van der Waals surface area contributed by atoms with Gasteiger partial charge in [0, 0.05) is 36.9 Å². The van der Waals surface area contributed by atoms with Crippen LogP contribution in [0, 0.1) is 6.92 Å². The highest BCUT2D eigenvalue weighted by molar-refractivity contribution is 7.11. The summed E-state index contributed by atoms with van der Waals surface area (Å²) in [4.78, 5) is 14.0. The van der Waals surface area contributed by atoms with Crippen molar-refractivity contribution in [3.05, 3.63) is 40.0 Å². The van der Waals surface area contributed by atoms with Gasteiger partial charge >= 0.3 is 0 Å². The first kappa shape index (κ1) is 17.2. The van der Waals surface area contributed by atoms with Gasteiger partial charge in [-0.25, -0.2) is 9.97 Å². The Morgan fingerprint density at radius 1 is 1.22 bits per heavy atom. The van der Waals surface area contributed by atoms with E-state index in [2.05, 4.69) is 39.4 Å². The normalized spacial score (nSPS) is 11.3. The average molecular weight is 333 g/mol. The van der Waals surface area contributed by atoms with Crippen LogP contribution in [0.3, 0.4) is 0 Å². The van der Waals surface area contributed by atoms with Crippen molar-refractivity contribution in [1.29, 1.82) is 0 Å². The highest BCUT2D eigenvalue weighted by Gasteiger charge is 2.02. The van der Waals surface area contributed by atoms with Gasteiger partial charge in [0.05, 0.1) is 13.2 Å². The molecule has 0 saturated heterocycles. The summed E-state index contributed by atoms with van der Waals surface area (Å²) in [5.41, 5.74) is 1.07. The van der Waals surface area contributed by atoms with Crippen LogP contribution in [0.25, 0.3) is 0 Å². The summed E-state index contributed by atoms with van der Waals surface area (Å²) in [5, 5.41) is 7.56. The van der Waals surface area contributed by atoms with Crippen LogP contribution in [0.2, 0.25) is 0 Å². The molecule has 2 rings (SSSR count). The lowest BCUT2D eigenvalue weighted by Crippen LogP contribution is -2.36. The number of rotatable bonds is 7. The highest BCUT2D eigenvalue weighted by Crippen LogP contribution is 2.10. The molecule has 0 radical (unpaired) electrons. The lowest BCUT2D eigenvalue weighted by atomic mass is 10.3. The number of nitrogens with zero attached hydrogens (tertiary/aromatic N) is 3. The molecule has 0 unspecified atom stereocenters. The number of hydrogen-bond acceptors (Lipinski definition) is 5. The third-order valence-electron chi connectivity index (χ3n) is 3.01. The fourth-order valence-corrected chi connectivity index (χ4v) is 2.58. The zero-order valence-electron chi connectivity index (χ0n) is 13.8. The number of ether oxygens (including phenoxy) is 1. The predicted molar refractivity (Wildman–Crippen MR) is 93.9 cm³/mol. The number of aryl methyl sites for hydroxylation is 1. The van der Waals surface area contributed by atoms with Crippen molar-refractivity contribution in [2.75, 3.05) is 13.7 Å². The second-order valence-corrected chi connectivity index (χ2v) is 6.32. The molecule has 0 bridgehead atoms. The van der Waals surface area contributed by atoms with E-state index in [0.717, 1.165) is 23.0 Å². The summed E-state index contributed by atoms with van der Waals surface area (Å²) >= 11 is 1.68. The second-order valence-electron chi connectivity index (χ2n) is 5.00. The topological polar surface area (TPSA) is 71.4 Å². The van der Waals surface area contributed by atoms with Gasteiger partial charge in [0.2, 0.25) is 5.88 Å². The molecule has 0 atom stereocenters. The van der Waals surface area contributed by atoms with Crippen molar-refractivity contribution < 1.29 is 4.74 Å². The lowest BCUT2D eigenvalue weighted by molar-refractivity contribution is 0.305.